The van der Waals surface area contributed by atoms with Gasteiger partial charge in [0.1, 0.15) is 5.75 Å². The molecule has 2 fully saturated rings. The fourth-order valence-electron chi connectivity index (χ4n) is 3.08. The van der Waals surface area contributed by atoms with Crippen molar-refractivity contribution < 1.29 is 9.84 Å². The van der Waals surface area contributed by atoms with Gasteiger partial charge in [0, 0.05) is 12.6 Å². The van der Waals surface area contributed by atoms with E-state index in [2.05, 4.69) is 4.90 Å². The van der Waals surface area contributed by atoms with Crippen molar-refractivity contribution in [1.82, 2.24) is 4.90 Å². The Balaban J connectivity index is 1.61. The second kappa shape index (κ2) is 7.18. The minimum atomic E-state index is -0.698. The van der Waals surface area contributed by atoms with Gasteiger partial charge in [-0.2, -0.15) is 0 Å². The zero-order valence-corrected chi connectivity index (χ0v) is 13.6. The predicted molar refractivity (Wildman–Crippen MR) is 88.3 cm³/mol. The quantitative estimate of drug-likeness (QED) is 0.844. The molecule has 122 valence electrons. The van der Waals surface area contributed by atoms with Gasteiger partial charge in [0.25, 0.3) is 0 Å². The van der Waals surface area contributed by atoms with Crippen LogP contribution in [0.1, 0.15) is 43.8 Å². The van der Waals surface area contributed by atoms with Gasteiger partial charge < -0.3 is 20.5 Å². The van der Waals surface area contributed by atoms with Crippen LogP contribution in [0.3, 0.4) is 0 Å². The van der Waals surface area contributed by atoms with Crippen molar-refractivity contribution >= 4 is 11.6 Å². The van der Waals surface area contributed by atoms with Crippen LogP contribution in [0.4, 0.5) is 0 Å². The van der Waals surface area contributed by atoms with Gasteiger partial charge in [-0.3, -0.25) is 0 Å². The van der Waals surface area contributed by atoms with E-state index >= 15 is 0 Å². The number of ether oxygens (including phenoxy) is 1. The average molecular weight is 325 g/mol. The summed E-state index contributed by atoms with van der Waals surface area (Å²) in [4.78, 5) is 2.31. The second-order valence-corrected chi connectivity index (χ2v) is 6.88. The van der Waals surface area contributed by atoms with Gasteiger partial charge >= 0.3 is 0 Å². The van der Waals surface area contributed by atoms with E-state index < -0.39 is 6.10 Å². The van der Waals surface area contributed by atoms with Gasteiger partial charge in [0.05, 0.1) is 17.2 Å². The fourth-order valence-corrected chi connectivity index (χ4v) is 3.31. The Morgan fingerprint density at radius 2 is 2.00 bits per heavy atom. The molecule has 4 nitrogen and oxygen atoms in total. The third-order valence-electron chi connectivity index (χ3n) is 4.72. The smallest absolute Gasteiger partial charge is 0.138 e. The average Bonchev–Trinajstić information content (AvgIpc) is 2.96. The number of likely N-dealkylation sites (tertiary alicyclic amines) is 1. The van der Waals surface area contributed by atoms with E-state index in [0.29, 0.717) is 16.9 Å². The summed E-state index contributed by atoms with van der Waals surface area (Å²) in [5.41, 5.74) is 6.92. The maximum atomic E-state index is 10.5. The maximum Gasteiger partial charge on any atom is 0.138 e. The van der Waals surface area contributed by atoms with E-state index in [1.54, 1.807) is 6.07 Å². The van der Waals surface area contributed by atoms with E-state index in [1.165, 1.54) is 19.3 Å². The first-order valence-corrected chi connectivity index (χ1v) is 8.63. The normalized spacial score (nSPS) is 22.3. The number of halogens is 1. The van der Waals surface area contributed by atoms with Crippen LogP contribution >= 0.6 is 11.6 Å². The van der Waals surface area contributed by atoms with Crippen LogP contribution in [-0.4, -0.2) is 41.8 Å². The number of aliphatic hydroxyl groups is 1. The molecule has 0 radical (unpaired) electrons. The lowest BCUT2D eigenvalue weighted by atomic mass is 9.96. The van der Waals surface area contributed by atoms with Crippen LogP contribution in [-0.2, 0) is 0 Å². The van der Waals surface area contributed by atoms with Crippen LogP contribution < -0.4 is 10.5 Å². The van der Waals surface area contributed by atoms with Crippen LogP contribution in [0.2, 0.25) is 5.02 Å². The van der Waals surface area contributed by atoms with Crippen molar-refractivity contribution in [2.45, 2.75) is 50.4 Å². The Labute approximate surface area is 137 Å². The minimum absolute atomic E-state index is 0.297. The molecule has 1 aromatic carbocycles. The largest absolute Gasteiger partial charge is 0.489 e. The van der Waals surface area contributed by atoms with Gasteiger partial charge in [0.15, 0.2) is 0 Å². The summed E-state index contributed by atoms with van der Waals surface area (Å²) in [6.07, 6.45) is 5.47. The molecule has 1 heterocycles. The van der Waals surface area contributed by atoms with E-state index in [0.717, 1.165) is 38.0 Å². The molecular formula is C17H25ClN2O2. The molecule has 3 N–H and O–H groups in total. The molecule has 1 saturated carbocycles. The van der Waals surface area contributed by atoms with Crippen molar-refractivity contribution in [2.24, 2.45) is 5.73 Å². The van der Waals surface area contributed by atoms with E-state index in [1.807, 2.05) is 12.1 Å². The highest BCUT2D eigenvalue weighted by Gasteiger charge is 2.24. The molecule has 0 spiro atoms. The topological polar surface area (TPSA) is 58.7 Å². The maximum absolute atomic E-state index is 10.5. The molecule has 5 heteroatoms. The molecule has 22 heavy (non-hydrogen) atoms. The predicted octanol–water partition coefficient (Wildman–Crippen LogP) is 2.73. The number of aliphatic hydroxyl groups excluding tert-OH is 1. The molecule has 1 aliphatic heterocycles. The molecule has 0 unspecified atom stereocenters. The Hall–Kier alpha value is -0.810. The van der Waals surface area contributed by atoms with Gasteiger partial charge in [0.2, 0.25) is 0 Å². The van der Waals surface area contributed by atoms with Crippen molar-refractivity contribution in [2.75, 3.05) is 19.6 Å². The summed E-state index contributed by atoms with van der Waals surface area (Å²) >= 11 is 6.29. The first-order chi connectivity index (χ1) is 10.6. The van der Waals surface area contributed by atoms with Gasteiger partial charge in [-0.25, -0.2) is 0 Å². The molecule has 0 amide bonds. The van der Waals surface area contributed by atoms with Gasteiger partial charge in [-0.05, 0) is 62.9 Å². The van der Waals surface area contributed by atoms with Crippen LogP contribution in [0.25, 0.3) is 0 Å². The van der Waals surface area contributed by atoms with Crippen LogP contribution in [0.5, 0.6) is 5.75 Å². The number of hydrogen-bond acceptors (Lipinski definition) is 4. The summed E-state index contributed by atoms with van der Waals surface area (Å²) in [5, 5.41) is 11.0. The van der Waals surface area contributed by atoms with Crippen molar-refractivity contribution in [3.8, 4) is 5.75 Å². The van der Waals surface area contributed by atoms with E-state index in [9.17, 15) is 5.11 Å². The van der Waals surface area contributed by atoms with Crippen molar-refractivity contribution in [3.63, 3.8) is 0 Å². The van der Waals surface area contributed by atoms with E-state index in [-0.39, 0.29) is 6.04 Å². The third-order valence-corrected chi connectivity index (χ3v) is 5.01. The summed E-state index contributed by atoms with van der Waals surface area (Å²) in [5.74, 6) is 0.704. The minimum Gasteiger partial charge on any atom is -0.489 e. The van der Waals surface area contributed by atoms with E-state index in [4.69, 9.17) is 22.1 Å². The molecule has 2 aliphatic rings. The molecule has 1 aliphatic carbocycles. The van der Waals surface area contributed by atoms with Gasteiger partial charge in [-0.1, -0.05) is 17.7 Å². The Morgan fingerprint density at radius 1 is 1.27 bits per heavy atom. The molecule has 0 bridgehead atoms. The second-order valence-electron chi connectivity index (χ2n) is 6.48. The number of nitrogens with two attached hydrogens (primary N) is 1. The Kier molecular flexibility index (Phi) is 5.24. The molecule has 1 aromatic rings. The zero-order chi connectivity index (χ0) is 15.5. The lowest BCUT2D eigenvalue weighted by Crippen LogP contribution is -2.40. The Morgan fingerprint density at radius 3 is 2.59 bits per heavy atom. The highest BCUT2D eigenvalue weighted by molar-refractivity contribution is 6.32. The molecular weight excluding hydrogens is 300 g/mol. The summed E-state index contributed by atoms with van der Waals surface area (Å²) in [6, 6.07) is 5.20. The lowest BCUT2D eigenvalue weighted by molar-refractivity contribution is 0.118. The Bertz CT molecular complexity index is 501. The summed E-state index contributed by atoms with van der Waals surface area (Å²) < 4.78 is 5.83. The number of hydrogen-bond donors (Lipinski definition) is 2. The van der Waals surface area contributed by atoms with Crippen molar-refractivity contribution in [1.29, 1.82) is 0 Å². The third kappa shape index (κ3) is 3.74. The highest BCUT2D eigenvalue weighted by atomic mass is 35.5. The highest BCUT2D eigenvalue weighted by Crippen LogP contribution is 2.33. The molecule has 2 atom stereocenters. The first-order valence-electron chi connectivity index (χ1n) is 8.25. The number of benzene rings is 1. The van der Waals surface area contributed by atoms with Crippen LogP contribution in [0, 0.1) is 0 Å². The van der Waals surface area contributed by atoms with Crippen LogP contribution in [0.15, 0.2) is 18.2 Å². The number of rotatable bonds is 6. The molecule has 0 aromatic heterocycles. The summed E-state index contributed by atoms with van der Waals surface area (Å²) in [7, 11) is 0. The summed E-state index contributed by atoms with van der Waals surface area (Å²) in [6.45, 7) is 2.88. The zero-order valence-electron chi connectivity index (χ0n) is 12.9. The fraction of sp³-hybridized carbons (Fsp3) is 0.647. The standard InChI is InChI=1S/C17H25ClN2O2/c18-14-10-12(6-7-16(14)22-13-4-3-5-13)17(21)15(19)11-20-8-1-2-9-20/h6-7,10,13,15,17,21H,1-5,8-9,11,19H2/t15-,17-/m1/s1. The van der Waals surface area contributed by atoms with Crippen molar-refractivity contribution in [3.05, 3.63) is 28.8 Å². The monoisotopic (exact) mass is 324 g/mol. The lowest BCUT2D eigenvalue weighted by Gasteiger charge is -2.27. The molecule has 1 saturated heterocycles. The molecule has 3 rings (SSSR count). The first kappa shape index (κ1) is 16.1. The van der Waals surface area contributed by atoms with Gasteiger partial charge in [-0.15, -0.1) is 0 Å². The number of nitrogens with zero attached hydrogens (tertiary/aromatic N) is 1. The SMILES string of the molecule is N[C@H](CN1CCCC1)[C@H](O)c1ccc(OC2CCC2)c(Cl)c1.